The summed E-state index contributed by atoms with van der Waals surface area (Å²) in [5, 5.41) is 5.59. The largest absolute Gasteiger partial charge is 0.368 e. The Morgan fingerprint density at radius 2 is 1.89 bits per heavy atom. The smallest absolute Gasteiger partial charge is 0.169 e. The van der Waals surface area contributed by atoms with Crippen LogP contribution >= 0.6 is 22.6 Å². The van der Waals surface area contributed by atoms with Crippen molar-refractivity contribution in [2.45, 2.75) is 6.92 Å². The maximum atomic E-state index is 13.7. The molecule has 6 heteroatoms. The molecule has 0 unspecified atom stereocenters. The fourth-order valence-corrected chi connectivity index (χ4v) is 2.09. The molecule has 100 valence electrons. The van der Waals surface area contributed by atoms with Crippen molar-refractivity contribution in [1.82, 2.24) is 4.98 Å². The molecule has 0 aliphatic heterocycles. The molecule has 0 bridgehead atoms. The van der Waals surface area contributed by atoms with E-state index in [9.17, 15) is 8.78 Å². The zero-order valence-electron chi connectivity index (χ0n) is 10.2. The summed E-state index contributed by atoms with van der Waals surface area (Å²) in [4.78, 5) is 3.91. The van der Waals surface area contributed by atoms with E-state index in [0.29, 0.717) is 12.2 Å². The van der Waals surface area contributed by atoms with Gasteiger partial charge in [-0.05, 0) is 47.7 Å². The highest BCUT2D eigenvalue weighted by Crippen LogP contribution is 2.23. The summed E-state index contributed by atoms with van der Waals surface area (Å²) in [6, 6.07) is 8.22. The molecular formula is C13H12F2IN3. The molecule has 2 rings (SSSR count). The van der Waals surface area contributed by atoms with E-state index in [-0.39, 0.29) is 11.6 Å². The molecule has 0 radical (unpaired) electrons. The van der Waals surface area contributed by atoms with Crippen LogP contribution in [-0.4, -0.2) is 11.5 Å². The second-order valence-electron chi connectivity index (χ2n) is 3.81. The highest BCUT2D eigenvalue weighted by atomic mass is 127. The van der Waals surface area contributed by atoms with E-state index in [1.165, 1.54) is 0 Å². The molecule has 3 nitrogen and oxygen atoms in total. The average molecular weight is 375 g/mol. The minimum atomic E-state index is -0.724. The molecule has 2 N–H and O–H groups in total. The Morgan fingerprint density at radius 3 is 2.58 bits per heavy atom. The van der Waals surface area contributed by atoms with Gasteiger partial charge >= 0.3 is 0 Å². The Hall–Kier alpha value is -1.44. The van der Waals surface area contributed by atoms with Crippen molar-refractivity contribution < 1.29 is 8.78 Å². The van der Waals surface area contributed by atoms with Crippen LogP contribution in [0.15, 0.2) is 30.3 Å². The van der Waals surface area contributed by atoms with Gasteiger partial charge in [-0.15, -0.1) is 0 Å². The number of nitrogens with zero attached hydrogens (tertiary/aromatic N) is 1. The van der Waals surface area contributed by atoms with Crippen molar-refractivity contribution in [3.8, 4) is 0 Å². The lowest BCUT2D eigenvalue weighted by Crippen LogP contribution is -2.06. The zero-order chi connectivity index (χ0) is 13.8. The molecule has 0 aliphatic carbocycles. The number of rotatable bonds is 4. The highest BCUT2D eigenvalue weighted by molar-refractivity contribution is 14.1. The third-order valence-electron chi connectivity index (χ3n) is 2.36. The molecule has 0 fully saturated rings. The van der Waals surface area contributed by atoms with Crippen LogP contribution in [0.1, 0.15) is 6.92 Å². The second-order valence-corrected chi connectivity index (χ2v) is 5.06. The maximum absolute atomic E-state index is 13.7. The fraction of sp³-hybridized carbons (Fsp3) is 0.154. The third kappa shape index (κ3) is 3.52. The number of anilines is 3. The molecule has 19 heavy (non-hydrogen) atoms. The fourth-order valence-electron chi connectivity index (χ4n) is 1.55. The van der Waals surface area contributed by atoms with E-state index in [1.807, 2.05) is 25.1 Å². The monoisotopic (exact) mass is 375 g/mol. The lowest BCUT2D eigenvalue weighted by Gasteiger charge is -2.10. The van der Waals surface area contributed by atoms with Crippen molar-refractivity contribution in [3.05, 3.63) is 45.5 Å². The number of nitrogens with one attached hydrogen (secondary N) is 2. The number of pyridine rings is 1. The Balaban J connectivity index is 2.31. The van der Waals surface area contributed by atoms with Crippen molar-refractivity contribution in [3.63, 3.8) is 0 Å². The van der Waals surface area contributed by atoms with Crippen molar-refractivity contribution in [2.75, 3.05) is 17.2 Å². The van der Waals surface area contributed by atoms with E-state index in [2.05, 4.69) is 38.2 Å². The predicted octanol–water partition coefficient (Wildman–Crippen LogP) is 4.14. The van der Waals surface area contributed by atoms with E-state index in [1.54, 1.807) is 6.07 Å². The Kier molecular flexibility index (Phi) is 4.52. The standard InChI is InChI=1S/C13H12F2IN3/c1-2-17-12-10(14)7-11(15)13(19-12)18-9-5-3-4-8(16)6-9/h3-7H,2H2,1H3,(H2,17,18,19). The molecule has 0 amide bonds. The summed E-state index contributed by atoms with van der Waals surface area (Å²) >= 11 is 2.16. The van der Waals surface area contributed by atoms with E-state index >= 15 is 0 Å². The second kappa shape index (κ2) is 6.14. The topological polar surface area (TPSA) is 37.0 Å². The third-order valence-corrected chi connectivity index (χ3v) is 3.03. The van der Waals surface area contributed by atoms with Gasteiger partial charge in [-0.3, -0.25) is 0 Å². The summed E-state index contributed by atoms with van der Waals surface area (Å²) in [5.41, 5.74) is 0.701. The Morgan fingerprint density at radius 1 is 1.16 bits per heavy atom. The van der Waals surface area contributed by atoms with Gasteiger partial charge in [0.25, 0.3) is 0 Å². The first kappa shape index (κ1) is 14.0. The number of hydrogen-bond donors (Lipinski definition) is 2. The first-order chi connectivity index (χ1) is 9.10. The lowest BCUT2D eigenvalue weighted by atomic mass is 10.3. The number of aromatic nitrogens is 1. The minimum Gasteiger partial charge on any atom is -0.368 e. The molecule has 0 aliphatic rings. The summed E-state index contributed by atoms with van der Waals surface area (Å²) in [7, 11) is 0. The summed E-state index contributed by atoms with van der Waals surface area (Å²) in [5.74, 6) is -1.39. The van der Waals surface area contributed by atoms with Crippen LogP contribution in [0.25, 0.3) is 0 Å². The molecule has 0 saturated heterocycles. The Bertz CT molecular complexity index is 590. The van der Waals surface area contributed by atoms with Gasteiger partial charge in [0, 0.05) is 21.9 Å². The van der Waals surface area contributed by atoms with Crippen molar-refractivity contribution in [2.24, 2.45) is 0 Å². The van der Waals surface area contributed by atoms with E-state index in [0.717, 1.165) is 9.64 Å². The van der Waals surface area contributed by atoms with Gasteiger partial charge < -0.3 is 10.6 Å². The highest BCUT2D eigenvalue weighted by Gasteiger charge is 2.11. The van der Waals surface area contributed by atoms with Crippen LogP contribution in [0.2, 0.25) is 0 Å². The quantitative estimate of drug-likeness (QED) is 0.789. The Labute approximate surface area is 123 Å². The summed E-state index contributed by atoms with van der Waals surface area (Å²) < 4.78 is 28.1. The van der Waals surface area contributed by atoms with E-state index < -0.39 is 11.6 Å². The van der Waals surface area contributed by atoms with Gasteiger partial charge in [0.15, 0.2) is 23.3 Å². The zero-order valence-corrected chi connectivity index (χ0v) is 12.3. The van der Waals surface area contributed by atoms with Gasteiger partial charge in [0.05, 0.1) is 0 Å². The molecule has 0 spiro atoms. The molecule has 1 aromatic carbocycles. The van der Waals surface area contributed by atoms with Gasteiger partial charge in [-0.25, -0.2) is 13.8 Å². The normalized spacial score (nSPS) is 10.3. The van der Waals surface area contributed by atoms with Gasteiger partial charge in [0.1, 0.15) is 0 Å². The maximum Gasteiger partial charge on any atom is 0.169 e. The first-order valence-electron chi connectivity index (χ1n) is 5.72. The summed E-state index contributed by atoms with van der Waals surface area (Å²) in [6.45, 7) is 2.33. The predicted molar refractivity (Wildman–Crippen MR) is 80.8 cm³/mol. The van der Waals surface area contributed by atoms with Gasteiger partial charge in [-0.2, -0.15) is 0 Å². The first-order valence-corrected chi connectivity index (χ1v) is 6.80. The van der Waals surface area contributed by atoms with Crippen LogP contribution in [0, 0.1) is 15.2 Å². The molecule has 1 aromatic heterocycles. The number of halogens is 3. The van der Waals surface area contributed by atoms with Crippen LogP contribution < -0.4 is 10.6 Å². The molecular weight excluding hydrogens is 363 g/mol. The van der Waals surface area contributed by atoms with Gasteiger partial charge in [-0.1, -0.05) is 6.07 Å². The van der Waals surface area contributed by atoms with Crippen LogP contribution in [0.5, 0.6) is 0 Å². The number of benzene rings is 1. The molecule has 0 saturated carbocycles. The summed E-state index contributed by atoms with van der Waals surface area (Å²) in [6.07, 6.45) is 0. The lowest BCUT2D eigenvalue weighted by molar-refractivity contribution is 0.579. The minimum absolute atomic E-state index is 0.000602. The van der Waals surface area contributed by atoms with Crippen LogP contribution in [0.4, 0.5) is 26.1 Å². The molecule has 0 atom stereocenters. The van der Waals surface area contributed by atoms with Crippen LogP contribution in [-0.2, 0) is 0 Å². The number of hydrogen-bond acceptors (Lipinski definition) is 3. The SMILES string of the molecule is CCNc1nc(Nc2cccc(I)c2)c(F)cc1F. The molecule has 1 heterocycles. The van der Waals surface area contributed by atoms with Gasteiger partial charge in [0.2, 0.25) is 0 Å². The average Bonchev–Trinajstić information content (AvgIpc) is 2.35. The van der Waals surface area contributed by atoms with Crippen LogP contribution in [0.3, 0.4) is 0 Å². The van der Waals surface area contributed by atoms with E-state index in [4.69, 9.17) is 0 Å². The van der Waals surface area contributed by atoms with Crippen molar-refractivity contribution in [1.29, 1.82) is 0 Å². The molecule has 2 aromatic rings. The van der Waals surface area contributed by atoms with Crippen molar-refractivity contribution >= 4 is 39.9 Å².